The van der Waals surface area contributed by atoms with E-state index in [0.717, 1.165) is 31.9 Å². The standard InChI is InChI=1S/C15H20ClN3O2/c1-9(2)18-3-5-19(6-4-18)13-8-12-10(7-11(13)16)14(20)15(21)17-12/h7-9,14,20H,3-6H2,1-2H3,(H,17,21). The molecule has 0 bridgehead atoms. The predicted octanol–water partition coefficient (Wildman–Crippen LogP) is 1.86. The summed E-state index contributed by atoms with van der Waals surface area (Å²) in [7, 11) is 0. The molecule has 2 heterocycles. The molecule has 0 aliphatic carbocycles. The summed E-state index contributed by atoms with van der Waals surface area (Å²) in [5.74, 6) is -0.386. The maximum Gasteiger partial charge on any atom is 0.257 e. The number of rotatable bonds is 2. The average Bonchev–Trinajstić information content (AvgIpc) is 2.73. The van der Waals surface area contributed by atoms with Crippen LogP contribution in [0.15, 0.2) is 12.1 Å². The maximum absolute atomic E-state index is 11.5. The lowest BCUT2D eigenvalue weighted by atomic mass is 10.1. The highest BCUT2D eigenvalue weighted by Gasteiger charge is 2.30. The number of aliphatic hydroxyl groups excluding tert-OH is 1. The molecule has 2 N–H and O–H groups in total. The summed E-state index contributed by atoms with van der Waals surface area (Å²) in [6, 6.07) is 4.12. The predicted molar refractivity (Wildman–Crippen MR) is 84.0 cm³/mol. The lowest BCUT2D eigenvalue weighted by molar-refractivity contribution is -0.123. The molecule has 114 valence electrons. The first-order chi connectivity index (χ1) is 9.97. The van der Waals surface area contributed by atoms with Crippen LogP contribution < -0.4 is 10.2 Å². The molecule has 6 heteroatoms. The van der Waals surface area contributed by atoms with Gasteiger partial charge in [-0.1, -0.05) is 11.6 Å². The molecule has 1 saturated heterocycles. The lowest BCUT2D eigenvalue weighted by Crippen LogP contribution is -2.49. The molecule has 3 rings (SSSR count). The van der Waals surface area contributed by atoms with E-state index in [1.165, 1.54) is 0 Å². The highest BCUT2D eigenvalue weighted by Crippen LogP contribution is 2.39. The summed E-state index contributed by atoms with van der Waals surface area (Å²) in [6.07, 6.45) is -1.11. The SMILES string of the molecule is CC(C)N1CCN(c2cc3c(cc2Cl)C(O)C(=O)N3)CC1. The topological polar surface area (TPSA) is 55.8 Å². The Kier molecular flexibility index (Phi) is 3.82. The number of carbonyl (C=O) groups excluding carboxylic acids is 1. The Balaban J connectivity index is 1.82. The summed E-state index contributed by atoms with van der Waals surface area (Å²) in [5, 5.41) is 13.1. The van der Waals surface area contributed by atoms with Crippen LogP contribution in [0.5, 0.6) is 0 Å². The first-order valence-corrected chi connectivity index (χ1v) is 7.66. The summed E-state index contributed by atoms with van der Waals surface area (Å²) in [4.78, 5) is 16.2. The van der Waals surface area contributed by atoms with Gasteiger partial charge < -0.3 is 15.3 Å². The third-order valence-electron chi connectivity index (χ3n) is 4.31. The number of nitrogens with one attached hydrogen (secondary N) is 1. The third kappa shape index (κ3) is 2.61. The lowest BCUT2D eigenvalue weighted by Gasteiger charge is -2.38. The Morgan fingerprint density at radius 3 is 2.57 bits per heavy atom. The molecule has 0 radical (unpaired) electrons. The van der Waals surface area contributed by atoms with Crippen molar-refractivity contribution in [1.82, 2.24) is 4.90 Å². The third-order valence-corrected chi connectivity index (χ3v) is 4.61. The van der Waals surface area contributed by atoms with Gasteiger partial charge in [-0.15, -0.1) is 0 Å². The number of benzene rings is 1. The molecule has 1 amide bonds. The minimum atomic E-state index is -1.11. The van der Waals surface area contributed by atoms with Crippen molar-refractivity contribution in [3.8, 4) is 0 Å². The van der Waals surface area contributed by atoms with E-state index in [0.29, 0.717) is 22.3 Å². The molecule has 0 aromatic heterocycles. The van der Waals surface area contributed by atoms with E-state index in [1.54, 1.807) is 6.07 Å². The molecule has 1 aromatic rings. The van der Waals surface area contributed by atoms with Crippen LogP contribution in [0.1, 0.15) is 25.5 Å². The zero-order valence-electron chi connectivity index (χ0n) is 12.3. The normalized spacial score (nSPS) is 22.6. The van der Waals surface area contributed by atoms with Crippen LogP contribution in [-0.4, -0.2) is 48.1 Å². The molecular formula is C15H20ClN3O2. The summed E-state index contributed by atoms with van der Waals surface area (Å²) in [5.41, 5.74) is 2.15. The van der Waals surface area contributed by atoms with Crippen LogP contribution in [0.3, 0.4) is 0 Å². The van der Waals surface area contributed by atoms with Gasteiger partial charge in [0.05, 0.1) is 10.7 Å². The van der Waals surface area contributed by atoms with Gasteiger partial charge in [-0.05, 0) is 26.0 Å². The number of piperazine rings is 1. The van der Waals surface area contributed by atoms with Crippen molar-refractivity contribution >= 4 is 28.9 Å². The number of anilines is 2. The summed E-state index contributed by atoms with van der Waals surface area (Å²) < 4.78 is 0. The van der Waals surface area contributed by atoms with E-state index in [1.807, 2.05) is 6.07 Å². The molecule has 2 aliphatic rings. The van der Waals surface area contributed by atoms with Crippen LogP contribution in [-0.2, 0) is 4.79 Å². The number of nitrogens with zero attached hydrogens (tertiary/aromatic N) is 2. The minimum absolute atomic E-state index is 0.386. The Labute approximate surface area is 129 Å². The van der Waals surface area contributed by atoms with Crippen LogP contribution in [0.25, 0.3) is 0 Å². The number of aliphatic hydroxyl groups is 1. The monoisotopic (exact) mass is 309 g/mol. The van der Waals surface area contributed by atoms with Crippen molar-refractivity contribution < 1.29 is 9.90 Å². The fourth-order valence-electron chi connectivity index (χ4n) is 2.98. The number of carbonyl (C=O) groups is 1. The van der Waals surface area contributed by atoms with Crippen molar-refractivity contribution in [3.63, 3.8) is 0 Å². The van der Waals surface area contributed by atoms with Crippen molar-refractivity contribution in [2.75, 3.05) is 36.4 Å². The second-order valence-electron chi connectivity index (χ2n) is 5.90. The Bertz CT molecular complexity index is 568. The second-order valence-corrected chi connectivity index (χ2v) is 6.31. The minimum Gasteiger partial charge on any atom is -0.378 e. The van der Waals surface area contributed by atoms with Gasteiger partial charge in [-0.3, -0.25) is 9.69 Å². The quantitative estimate of drug-likeness (QED) is 0.875. The Hall–Kier alpha value is -1.30. The van der Waals surface area contributed by atoms with Crippen LogP contribution in [0, 0.1) is 0 Å². The van der Waals surface area contributed by atoms with Gasteiger partial charge in [0.25, 0.3) is 5.91 Å². The molecule has 21 heavy (non-hydrogen) atoms. The smallest absolute Gasteiger partial charge is 0.257 e. The van der Waals surface area contributed by atoms with Crippen molar-refractivity contribution in [1.29, 1.82) is 0 Å². The number of hydrogen-bond acceptors (Lipinski definition) is 4. The van der Waals surface area contributed by atoms with E-state index >= 15 is 0 Å². The fourth-order valence-corrected chi connectivity index (χ4v) is 3.27. The molecule has 1 atom stereocenters. The van der Waals surface area contributed by atoms with Gasteiger partial charge >= 0.3 is 0 Å². The van der Waals surface area contributed by atoms with E-state index in [9.17, 15) is 9.90 Å². The largest absolute Gasteiger partial charge is 0.378 e. The molecule has 1 fully saturated rings. The summed E-state index contributed by atoms with van der Waals surface area (Å²) >= 11 is 6.35. The van der Waals surface area contributed by atoms with Crippen LogP contribution >= 0.6 is 11.6 Å². The zero-order valence-corrected chi connectivity index (χ0v) is 13.0. The molecule has 5 nitrogen and oxygen atoms in total. The molecule has 1 aromatic carbocycles. The second kappa shape index (κ2) is 5.48. The first kappa shape index (κ1) is 14.6. The van der Waals surface area contributed by atoms with Crippen LogP contribution in [0.2, 0.25) is 5.02 Å². The van der Waals surface area contributed by atoms with Gasteiger partial charge in [0.2, 0.25) is 0 Å². The highest BCUT2D eigenvalue weighted by atomic mass is 35.5. The van der Waals surface area contributed by atoms with E-state index in [4.69, 9.17) is 11.6 Å². The van der Waals surface area contributed by atoms with E-state index in [2.05, 4.69) is 29.0 Å². The first-order valence-electron chi connectivity index (χ1n) is 7.28. The summed E-state index contributed by atoms with van der Waals surface area (Å²) in [6.45, 7) is 8.23. The van der Waals surface area contributed by atoms with Crippen molar-refractivity contribution in [2.24, 2.45) is 0 Å². The Morgan fingerprint density at radius 2 is 1.95 bits per heavy atom. The van der Waals surface area contributed by atoms with Gasteiger partial charge in [-0.2, -0.15) is 0 Å². The van der Waals surface area contributed by atoms with Crippen molar-refractivity contribution in [2.45, 2.75) is 26.0 Å². The Morgan fingerprint density at radius 1 is 1.29 bits per heavy atom. The van der Waals surface area contributed by atoms with Gasteiger partial charge in [0, 0.05) is 43.5 Å². The van der Waals surface area contributed by atoms with E-state index < -0.39 is 6.10 Å². The van der Waals surface area contributed by atoms with Gasteiger partial charge in [-0.25, -0.2) is 0 Å². The fraction of sp³-hybridized carbons (Fsp3) is 0.533. The zero-order chi connectivity index (χ0) is 15.1. The average molecular weight is 310 g/mol. The molecular weight excluding hydrogens is 290 g/mol. The van der Waals surface area contributed by atoms with Gasteiger partial charge in [0.1, 0.15) is 0 Å². The highest BCUT2D eigenvalue weighted by molar-refractivity contribution is 6.33. The van der Waals surface area contributed by atoms with E-state index in [-0.39, 0.29) is 5.91 Å². The number of amides is 1. The molecule has 2 aliphatic heterocycles. The number of hydrogen-bond donors (Lipinski definition) is 2. The number of fused-ring (bicyclic) bond motifs is 1. The van der Waals surface area contributed by atoms with Crippen molar-refractivity contribution in [3.05, 3.63) is 22.7 Å². The number of halogens is 1. The molecule has 0 spiro atoms. The van der Waals surface area contributed by atoms with Crippen LogP contribution in [0.4, 0.5) is 11.4 Å². The molecule has 0 saturated carbocycles. The molecule has 1 unspecified atom stereocenters. The van der Waals surface area contributed by atoms with Gasteiger partial charge in [0.15, 0.2) is 6.10 Å². The maximum atomic E-state index is 11.5.